The second-order valence-corrected chi connectivity index (χ2v) is 8.69. The summed E-state index contributed by atoms with van der Waals surface area (Å²) in [6, 6.07) is 36.2. The standard InChI is InChI=1S/C31H22N2O/c1-2-30-32-26-14-4-5-15-27(26)33(30)21-10-7-9-20(19-21)22-17-18-29-31-24(22)12-8-13-25(31)23-11-3-6-16-28(23)34-29/h3-19H,2H2,1H3. The predicted octanol–water partition coefficient (Wildman–Crippen LogP) is 8.18. The lowest BCUT2D eigenvalue weighted by Crippen LogP contribution is -2.00. The number of hydrogen-bond acceptors (Lipinski definition) is 2. The summed E-state index contributed by atoms with van der Waals surface area (Å²) in [5.74, 6) is 2.90. The van der Waals surface area contributed by atoms with Crippen LogP contribution in [0.15, 0.2) is 103 Å². The van der Waals surface area contributed by atoms with E-state index in [1.165, 1.54) is 27.5 Å². The Balaban J connectivity index is 1.45. The molecule has 5 aromatic carbocycles. The molecule has 6 aromatic rings. The van der Waals surface area contributed by atoms with Crippen molar-refractivity contribution in [1.82, 2.24) is 9.55 Å². The number of nitrogens with zero attached hydrogens (tertiary/aromatic N) is 2. The zero-order valence-corrected chi connectivity index (χ0v) is 18.8. The minimum atomic E-state index is 0.872. The maximum Gasteiger partial charge on any atom is 0.135 e. The molecule has 0 N–H and O–H groups in total. The molecule has 0 saturated carbocycles. The van der Waals surface area contributed by atoms with Crippen molar-refractivity contribution in [3.05, 3.63) is 109 Å². The van der Waals surface area contributed by atoms with Crippen molar-refractivity contribution in [3.8, 4) is 39.4 Å². The summed E-state index contributed by atoms with van der Waals surface area (Å²) in [4.78, 5) is 4.87. The van der Waals surface area contributed by atoms with Gasteiger partial charge in [0.2, 0.25) is 0 Å². The Morgan fingerprint density at radius 3 is 2.47 bits per heavy atom. The van der Waals surface area contributed by atoms with Crippen LogP contribution in [0.3, 0.4) is 0 Å². The molecule has 0 radical (unpaired) electrons. The normalized spacial score (nSPS) is 12.0. The maximum atomic E-state index is 6.29. The first-order valence-electron chi connectivity index (χ1n) is 11.7. The van der Waals surface area contributed by atoms with Crippen molar-refractivity contribution in [2.45, 2.75) is 13.3 Å². The number of para-hydroxylation sites is 3. The van der Waals surface area contributed by atoms with E-state index in [0.29, 0.717) is 0 Å². The smallest absolute Gasteiger partial charge is 0.135 e. The highest BCUT2D eigenvalue weighted by molar-refractivity contribution is 6.09. The molecule has 0 bridgehead atoms. The lowest BCUT2D eigenvalue weighted by atomic mass is 9.90. The minimum absolute atomic E-state index is 0.872. The van der Waals surface area contributed by atoms with Gasteiger partial charge in [-0.15, -0.1) is 0 Å². The molecule has 0 saturated heterocycles. The van der Waals surface area contributed by atoms with Gasteiger partial charge in [0.15, 0.2) is 0 Å². The molecule has 34 heavy (non-hydrogen) atoms. The van der Waals surface area contributed by atoms with Crippen LogP contribution < -0.4 is 4.74 Å². The number of rotatable bonds is 3. The molecule has 1 aliphatic heterocycles. The van der Waals surface area contributed by atoms with Gasteiger partial charge < -0.3 is 4.74 Å². The summed E-state index contributed by atoms with van der Waals surface area (Å²) < 4.78 is 8.57. The molecule has 3 nitrogen and oxygen atoms in total. The van der Waals surface area contributed by atoms with Crippen LogP contribution in [-0.2, 0) is 6.42 Å². The zero-order chi connectivity index (χ0) is 22.6. The molecule has 2 heterocycles. The maximum absolute atomic E-state index is 6.29. The van der Waals surface area contributed by atoms with Crippen molar-refractivity contribution < 1.29 is 4.74 Å². The largest absolute Gasteiger partial charge is 0.456 e. The van der Waals surface area contributed by atoms with E-state index in [9.17, 15) is 0 Å². The molecule has 0 unspecified atom stereocenters. The first-order valence-corrected chi connectivity index (χ1v) is 11.7. The Bertz CT molecular complexity index is 1730. The molecule has 0 spiro atoms. The van der Waals surface area contributed by atoms with Gasteiger partial charge in [0.25, 0.3) is 0 Å². The summed E-state index contributed by atoms with van der Waals surface area (Å²) in [5, 5.41) is 2.37. The second-order valence-electron chi connectivity index (χ2n) is 8.69. The van der Waals surface area contributed by atoms with E-state index in [2.05, 4.69) is 96.4 Å². The highest BCUT2D eigenvalue weighted by Crippen LogP contribution is 2.48. The number of imidazole rings is 1. The van der Waals surface area contributed by atoms with Crippen molar-refractivity contribution in [1.29, 1.82) is 0 Å². The van der Waals surface area contributed by atoms with Crippen molar-refractivity contribution in [3.63, 3.8) is 0 Å². The quantitative estimate of drug-likeness (QED) is 0.278. The fourth-order valence-electron chi connectivity index (χ4n) is 5.25. The van der Waals surface area contributed by atoms with Gasteiger partial charge in [-0.3, -0.25) is 4.57 Å². The Labute approximate surface area is 197 Å². The van der Waals surface area contributed by atoms with Crippen LogP contribution in [0.25, 0.3) is 49.7 Å². The van der Waals surface area contributed by atoms with Crippen molar-refractivity contribution in [2.24, 2.45) is 0 Å². The molecule has 7 rings (SSSR count). The van der Waals surface area contributed by atoms with Gasteiger partial charge in [0.1, 0.15) is 17.3 Å². The van der Waals surface area contributed by atoms with Gasteiger partial charge in [-0.2, -0.15) is 0 Å². The van der Waals surface area contributed by atoms with Crippen LogP contribution in [0.5, 0.6) is 11.5 Å². The van der Waals surface area contributed by atoms with Crippen molar-refractivity contribution in [2.75, 3.05) is 0 Å². The SMILES string of the molecule is CCc1nc2ccccc2n1-c1cccc(-c2ccc3c4c(cccc24)-c2ccccc2O3)c1. The van der Waals surface area contributed by atoms with Gasteiger partial charge >= 0.3 is 0 Å². The highest BCUT2D eigenvalue weighted by atomic mass is 16.5. The third-order valence-electron chi connectivity index (χ3n) is 6.76. The molecule has 0 amide bonds. The van der Waals surface area contributed by atoms with Crippen LogP contribution in [0.2, 0.25) is 0 Å². The third-order valence-corrected chi connectivity index (χ3v) is 6.76. The molecule has 0 aliphatic carbocycles. The Kier molecular flexibility index (Phi) is 4.12. The molecule has 1 aliphatic rings. The molecule has 0 fully saturated rings. The van der Waals surface area contributed by atoms with Gasteiger partial charge in [-0.1, -0.05) is 73.7 Å². The van der Waals surface area contributed by atoms with E-state index in [1.807, 2.05) is 18.2 Å². The summed E-state index contributed by atoms with van der Waals surface area (Å²) in [6.07, 6.45) is 0.872. The van der Waals surface area contributed by atoms with Crippen LogP contribution in [0.1, 0.15) is 12.7 Å². The molecule has 0 atom stereocenters. The molecule has 162 valence electrons. The minimum Gasteiger partial charge on any atom is -0.456 e. The number of benzene rings is 5. The first kappa shape index (κ1) is 19.1. The highest BCUT2D eigenvalue weighted by Gasteiger charge is 2.21. The summed E-state index contributed by atoms with van der Waals surface area (Å²) in [6.45, 7) is 2.16. The fraction of sp³-hybridized carbons (Fsp3) is 0.0645. The van der Waals surface area contributed by atoms with E-state index in [4.69, 9.17) is 9.72 Å². The van der Waals surface area contributed by atoms with E-state index >= 15 is 0 Å². The number of aryl methyl sites for hydroxylation is 1. The lowest BCUT2D eigenvalue weighted by Gasteiger charge is -2.22. The molecule has 1 aromatic heterocycles. The van der Waals surface area contributed by atoms with Crippen LogP contribution >= 0.6 is 0 Å². The number of fused-ring (bicyclic) bond motifs is 3. The van der Waals surface area contributed by atoms with Crippen LogP contribution in [-0.4, -0.2) is 9.55 Å². The van der Waals surface area contributed by atoms with Gasteiger partial charge in [0.05, 0.1) is 11.0 Å². The molecular formula is C31H22N2O. The number of hydrogen-bond donors (Lipinski definition) is 0. The Morgan fingerprint density at radius 2 is 1.53 bits per heavy atom. The Morgan fingerprint density at radius 1 is 0.706 bits per heavy atom. The molecule has 3 heteroatoms. The predicted molar refractivity (Wildman–Crippen MR) is 139 cm³/mol. The molecular weight excluding hydrogens is 416 g/mol. The second kappa shape index (κ2) is 7.32. The first-order chi connectivity index (χ1) is 16.8. The van der Waals surface area contributed by atoms with Crippen molar-refractivity contribution >= 4 is 21.8 Å². The number of ether oxygens (including phenoxy) is 1. The third kappa shape index (κ3) is 2.74. The van der Waals surface area contributed by atoms with E-state index < -0.39 is 0 Å². The van der Waals surface area contributed by atoms with Crippen LogP contribution in [0.4, 0.5) is 0 Å². The van der Waals surface area contributed by atoms with E-state index in [-0.39, 0.29) is 0 Å². The van der Waals surface area contributed by atoms with E-state index in [1.54, 1.807) is 0 Å². The average molecular weight is 439 g/mol. The Hall–Kier alpha value is -4.37. The zero-order valence-electron chi connectivity index (χ0n) is 18.8. The van der Waals surface area contributed by atoms with Gasteiger partial charge in [0, 0.05) is 23.1 Å². The van der Waals surface area contributed by atoms with E-state index in [0.717, 1.165) is 46.0 Å². The van der Waals surface area contributed by atoms with Crippen LogP contribution in [0, 0.1) is 0 Å². The summed E-state index contributed by atoms with van der Waals surface area (Å²) in [7, 11) is 0. The number of aromatic nitrogens is 2. The fourth-order valence-corrected chi connectivity index (χ4v) is 5.25. The summed E-state index contributed by atoms with van der Waals surface area (Å²) in [5.41, 5.74) is 8.05. The lowest BCUT2D eigenvalue weighted by molar-refractivity contribution is 0.487. The van der Waals surface area contributed by atoms with Gasteiger partial charge in [-0.25, -0.2) is 4.98 Å². The average Bonchev–Trinajstić information content (AvgIpc) is 3.28. The summed E-state index contributed by atoms with van der Waals surface area (Å²) >= 11 is 0. The monoisotopic (exact) mass is 438 g/mol. The van der Waals surface area contributed by atoms with Gasteiger partial charge in [-0.05, 0) is 58.5 Å². The topological polar surface area (TPSA) is 27.1 Å².